The normalized spacial score (nSPS) is 23.8. The lowest BCUT2D eigenvalue weighted by molar-refractivity contribution is -0.150. The molecule has 0 radical (unpaired) electrons. The Morgan fingerprint density at radius 1 is 1.22 bits per heavy atom. The van der Waals surface area contributed by atoms with Crippen LogP contribution in [-0.4, -0.2) is 34.7 Å². The van der Waals surface area contributed by atoms with Crippen LogP contribution in [0.3, 0.4) is 0 Å². The molecule has 0 heterocycles. The van der Waals surface area contributed by atoms with Gasteiger partial charge < -0.3 is 15.5 Å². The summed E-state index contributed by atoms with van der Waals surface area (Å²) in [6.07, 6.45) is 5.97. The van der Waals surface area contributed by atoms with Gasteiger partial charge in [0.25, 0.3) is 0 Å². The molecular formula is C18H23NO4. The fraction of sp³-hybridized carbons (Fsp3) is 0.556. The second-order valence-electron chi connectivity index (χ2n) is 6.88. The van der Waals surface area contributed by atoms with E-state index in [1.54, 1.807) is 18.2 Å². The largest absolute Gasteiger partial charge is 0.481 e. The predicted octanol–water partition coefficient (Wildman–Crippen LogP) is 2.48. The van der Waals surface area contributed by atoms with Gasteiger partial charge in [-0.15, -0.1) is 0 Å². The molecule has 3 N–H and O–H groups in total. The summed E-state index contributed by atoms with van der Waals surface area (Å²) in [6, 6.07) is 5.62. The zero-order valence-electron chi connectivity index (χ0n) is 13.2. The van der Waals surface area contributed by atoms with Gasteiger partial charge in [-0.3, -0.25) is 4.79 Å². The first-order chi connectivity index (χ1) is 11.0. The number of rotatable bonds is 6. The second kappa shape index (κ2) is 6.32. The average molecular weight is 317 g/mol. The molecule has 1 aromatic carbocycles. The Labute approximate surface area is 135 Å². The number of hydrogen-bond acceptors (Lipinski definition) is 3. The number of carboxylic acid groups (broad SMARTS) is 2. The van der Waals surface area contributed by atoms with E-state index in [1.165, 1.54) is 19.3 Å². The number of fused-ring (bicyclic) bond motifs is 1. The number of aliphatic carboxylic acids is 1. The third-order valence-corrected chi connectivity index (χ3v) is 5.45. The third-order valence-electron chi connectivity index (χ3n) is 5.45. The number of carboxylic acids is 2. The smallest absolute Gasteiger partial charge is 0.335 e. The second-order valence-corrected chi connectivity index (χ2v) is 6.88. The molecule has 2 aliphatic rings. The van der Waals surface area contributed by atoms with Crippen molar-refractivity contribution in [2.24, 2.45) is 5.41 Å². The fourth-order valence-electron chi connectivity index (χ4n) is 3.62. The minimum atomic E-state index is -0.937. The van der Waals surface area contributed by atoms with Crippen molar-refractivity contribution >= 4 is 11.9 Å². The van der Waals surface area contributed by atoms with E-state index in [4.69, 9.17) is 5.11 Å². The first kappa shape index (κ1) is 16.0. The number of nitrogens with one attached hydrogen (secondary N) is 1. The van der Waals surface area contributed by atoms with Gasteiger partial charge in [0, 0.05) is 6.04 Å². The van der Waals surface area contributed by atoms with Crippen molar-refractivity contribution in [1.29, 1.82) is 0 Å². The highest BCUT2D eigenvalue weighted by atomic mass is 16.4. The van der Waals surface area contributed by atoms with Gasteiger partial charge in [0.05, 0.1) is 11.0 Å². The van der Waals surface area contributed by atoms with Crippen LogP contribution in [0.1, 0.15) is 53.6 Å². The molecule has 5 nitrogen and oxygen atoms in total. The number of benzene rings is 1. The molecule has 124 valence electrons. The van der Waals surface area contributed by atoms with Crippen LogP contribution in [0.5, 0.6) is 0 Å². The summed E-state index contributed by atoms with van der Waals surface area (Å²) in [6.45, 7) is 0.736. The molecule has 5 heteroatoms. The molecule has 0 amide bonds. The Balaban J connectivity index is 1.72. The Kier molecular flexibility index (Phi) is 4.39. The molecule has 3 rings (SSSR count). The van der Waals surface area contributed by atoms with Crippen LogP contribution in [-0.2, 0) is 17.6 Å². The van der Waals surface area contributed by atoms with Gasteiger partial charge in [0.15, 0.2) is 0 Å². The molecule has 2 aliphatic carbocycles. The van der Waals surface area contributed by atoms with Crippen LogP contribution in [0.2, 0.25) is 0 Å². The highest BCUT2D eigenvalue weighted by Crippen LogP contribution is 2.39. The Morgan fingerprint density at radius 3 is 2.61 bits per heavy atom. The summed E-state index contributed by atoms with van der Waals surface area (Å²) >= 11 is 0. The van der Waals surface area contributed by atoms with Crippen LogP contribution in [0, 0.1) is 5.41 Å². The summed E-state index contributed by atoms with van der Waals surface area (Å²) in [5, 5.41) is 22.3. The van der Waals surface area contributed by atoms with E-state index in [9.17, 15) is 14.7 Å². The highest BCUT2D eigenvalue weighted by Gasteiger charge is 2.41. The SMILES string of the molecule is O=C(O)c1ccc2c(c1)CCC(CCNC1CCC1)(C(=O)O)C2. The van der Waals surface area contributed by atoms with Crippen molar-refractivity contribution in [3.05, 3.63) is 34.9 Å². The Bertz CT molecular complexity index is 623. The zero-order valence-corrected chi connectivity index (χ0v) is 13.2. The van der Waals surface area contributed by atoms with Gasteiger partial charge in [-0.2, -0.15) is 0 Å². The van der Waals surface area contributed by atoms with Crippen LogP contribution in [0.15, 0.2) is 18.2 Å². The quantitative estimate of drug-likeness (QED) is 0.750. The summed E-state index contributed by atoms with van der Waals surface area (Å²) < 4.78 is 0. The van der Waals surface area contributed by atoms with Crippen molar-refractivity contribution in [1.82, 2.24) is 5.32 Å². The number of aromatic carboxylic acids is 1. The van der Waals surface area contributed by atoms with E-state index in [1.807, 2.05) is 0 Å². The zero-order chi connectivity index (χ0) is 16.4. The molecule has 1 fully saturated rings. The first-order valence-electron chi connectivity index (χ1n) is 8.32. The lowest BCUT2D eigenvalue weighted by Gasteiger charge is -2.36. The minimum absolute atomic E-state index is 0.276. The van der Waals surface area contributed by atoms with Crippen molar-refractivity contribution < 1.29 is 19.8 Å². The third kappa shape index (κ3) is 3.24. The summed E-state index contributed by atoms with van der Waals surface area (Å²) in [4.78, 5) is 23.0. The van der Waals surface area contributed by atoms with E-state index in [0.29, 0.717) is 31.7 Å². The maximum atomic E-state index is 11.9. The van der Waals surface area contributed by atoms with Gasteiger partial charge in [-0.25, -0.2) is 4.79 Å². The highest BCUT2D eigenvalue weighted by molar-refractivity contribution is 5.88. The van der Waals surface area contributed by atoms with E-state index >= 15 is 0 Å². The monoisotopic (exact) mass is 317 g/mol. The first-order valence-corrected chi connectivity index (χ1v) is 8.32. The molecule has 0 bridgehead atoms. The Morgan fingerprint density at radius 2 is 2.00 bits per heavy atom. The standard InChI is InChI=1S/C18H23NO4/c20-16(21)13-4-5-14-11-18(17(22)23,7-6-12(14)10-13)8-9-19-15-2-1-3-15/h4-5,10,15,19H,1-3,6-9,11H2,(H,20,21)(H,22,23). The maximum absolute atomic E-state index is 11.9. The van der Waals surface area contributed by atoms with Gasteiger partial charge in [0.2, 0.25) is 0 Å². The van der Waals surface area contributed by atoms with E-state index in [2.05, 4.69) is 5.32 Å². The summed E-state index contributed by atoms with van der Waals surface area (Å²) in [5.74, 6) is -1.67. The topological polar surface area (TPSA) is 86.6 Å². The lowest BCUT2D eigenvalue weighted by Crippen LogP contribution is -2.42. The average Bonchev–Trinajstić information content (AvgIpc) is 2.48. The van der Waals surface area contributed by atoms with Gasteiger partial charge >= 0.3 is 11.9 Å². The molecular weight excluding hydrogens is 294 g/mol. The molecule has 0 aliphatic heterocycles. The number of hydrogen-bond donors (Lipinski definition) is 3. The molecule has 1 saturated carbocycles. The van der Waals surface area contributed by atoms with Crippen LogP contribution >= 0.6 is 0 Å². The maximum Gasteiger partial charge on any atom is 0.335 e. The lowest BCUT2D eigenvalue weighted by atomic mass is 9.69. The molecule has 23 heavy (non-hydrogen) atoms. The Hall–Kier alpha value is -1.88. The van der Waals surface area contributed by atoms with Crippen LogP contribution in [0.25, 0.3) is 0 Å². The summed E-state index contributed by atoms with van der Waals surface area (Å²) in [5.41, 5.74) is 1.51. The molecule has 0 saturated heterocycles. The van der Waals surface area contributed by atoms with Crippen molar-refractivity contribution in [2.75, 3.05) is 6.54 Å². The van der Waals surface area contributed by atoms with E-state index in [-0.39, 0.29) is 5.56 Å². The van der Waals surface area contributed by atoms with Crippen LogP contribution < -0.4 is 5.32 Å². The van der Waals surface area contributed by atoms with Crippen molar-refractivity contribution in [3.63, 3.8) is 0 Å². The minimum Gasteiger partial charge on any atom is -0.481 e. The molecule has 1 unspecified atom stereocenters. The fourth-order valence-corrected chi connectivity index (χ4v) is 3.62. The molecule has 0 aromatic heterocycles. The van der Waals surface area contributed by atoms with Crippen molar-refractivity contribution in [3.8, 4) is 0 Å². The molecule has 0 spiro atoms. The number of carbonyl (C=O) groups is 2. The molecule has 1 aromatic rings. The predicted molar refractivity (Wildman–Crippen MR) is 85.8 cm³/mol. The van der Waals surface area contributed by atoms with Gasteiger partial charge in [-0.1, -0.05) is 12.5 Å². The van der Waals surface area contributed by atoms with Crippen LogP contribution in [0.4, 0.5) is 0 Å². The van der Waals surface area contributed by atoms with Gasteiger partial charge in [-0.05, 0) is 68.3 Å². The molecule has 1 atom stereocenters. The van der Waals surface area contributed by atoms with Crippen molar-refractivity contribution in [2.45, 2.75) is 51.0 Å². The van der Waals surface area contributed by atoms with E-state index in [0.717, 1.165) is 17.7 Å². The number of aryl methyl sites for hydroxylation is 1. The summed E-state index contributed by atoms with van der Waals surface area (Å²) in [7, 11) is 0. The van der Waals surface area contributed by atoms with E-state index < -0.39 is 17.4 Å². The van der Waals surface area contributed by atoms with Gasteiger partial charge in [0.1, 0.15) is 0 Å².